The molecule has 0 aliphatic rings. The van der Waals surface area contributed by atoms with Crippen LogP contribution in [0.1, 0.15) is 15.9 Å². The first-order chi connectivity index (χ1) is 14.5. The van der Waals surface area contributed by atoms with Crippen molar-refractivity contribution in [2.75, 3.05) is 38.0 Å². The van der Waals surface area contributed by atoms with Crippen molar-refractivity contribution in [2.24, 2.45) is 0 Å². The number of nitrogens with zero attached hydrogens (tertiary/aromatic N) is 2. The first-order valence-electron chi connectivity index (χ1n) is 9.30. The summed E-state index contributed by atoms with van der Waals surface area (Å²) in [7, 11) is -0.565. The van der Waals surface area contributed by atoms with Gasteiger partial charge in [-0.3, -0.25) is 9.10 Å². The molecular weight excluding hydrogens is 431 g/mol. The van der Waals surface area contributed by atoms with Gasteiger partial charge in [-0.15, -0.1) is 6.58 Å². The number of anilines is 1. The van der Waals surface area contributed by atoms with Crippen molar-refractivity contribution in [1.29, 1.82) is 0 Å². The van der Waals surface area contributed by atoms with E-state index >= 15 is 0 Å². The second-order valence-electron chi connectivity index (χ2n) is 6.96. The molecule has 0 saturated heterocycles. The highest BCUT2D eigenvalue weighted by atomic mass is 32.2. The van der Waals surface area contributed by atoms with E-state index in [1.807, 2.05) is 19.0 Å². The van der Waals surface area contributed by atoms with E-state index in [1.165, 1.54) is 36.4 Å². The van der Waals surface area contributed by atoms with Crippen LogP contribution in [0.5, 0.6) is 0 Å². The first-order valence-corrected chi connectivity index (χ1v) is 10.7. The summed E-state index contributed by atoms with van der Waals surface area (Å²) in [5.74, 6) is -0.451. The third-order valence-electron chi connectivity index (χ3n) is 4.29. The molecule has 0 aliphatic carbocycles. The molecule has 0 saturated carbocycles. The van der Waals surface area contributed by atoms with Crippen LogP contribution in [0.3, 0.4) is 0 Å². The van der Waals surface area contributed by atoms with Gasteiger partial charge in [0.2, 0.25) is 0 Å². The Morgan fingerprint density at radius 3 is 2.42 bits per heavy atom. The van der Waals surface area contributed by atoms with Gasteiger partial charge in [-0.2, -0.15) is 13.2 Å². The highest BCUT2D eigenvalue weighted by Crippen LogP contribution is 2.33. The fraction of sp³-hybridized carbons (Fsp3) is 0.286. The monoisotopic (exact) mass is 455 g/mol. The maximum absolute atomic E-state index is 13.2. The number of benzene rings is 2. The second-order valence-corrected chi connectivity index (χ2v) is 8.82. The fourth-order valence-electron chi connectivity index (χ4n) is 2.72. The molecule has 2 rings (SSSR count). The lowest BCUT2D eigenvalue weighted by Crippen LogP contribution is -2.33. The van der Waals surface area contributed by atoms with E-state index < -0.39 is 27.7 Å². The number of sulfonamides is 1. The van der Waals surface area contributed by atoms with E-state index in [1.54, 1.807) is 0 Å². The molecule has 0 unspecified atom stereocenters. The van der Waals surface area contributed by atoms with E-state index in [-0.39, 0.29) is 22.7 Å². The zero-order valence-electron chi connectivity index (χ0n) is 17.2. The zero-order valence-corrected chi connectivity index (χ0v) is 18.0. The Balaban J connectivity index is 2.39. The highest BCUT2D eigenvalue weighted by Gasteiger charge is 2.32. The van der Waals surface area contributed by atoms with Crippen LogP contribution in [-0.2, 0) is 16.2 Å². The molecule has 31 heavy (non-hydrogen) atoms. The first kappa shape index (κ1) is 24.4. The second kappa shape index (κ2) is 9.97. The van der Waals surface area contributed by atoms with Crippen molar-refractivity contribution in [1.82, 2.24) is 10.2 Å². The molecule has 168 valence electrons. The van der Waals surface area contributed by atoms with Gasteiger partial charge in [-0.25, -0.2) is 8.42 Å². The number of carbonyl (C=O) groups is 1. The number of hydrogen-bond acceptors (Lipinski definition) is 4. The van der Waals surface area contributed by atoms with E-state index in [2.05, 4.69) is 11.9 Å². The molecule has 0 spiro atoms. The fourth-order valence-corrected chi connectivity index (χ4v) is 4.19. The Hall–Kier alpha value is -2.85. The number of hydrogen-bond donors (Lipinski definition) is 1. The van der Waals surface area contributed by atoms with Gasteiger partial charge in [0.15, 0.2) is 0 Å². The number of rotatable bonds is 9. The van der Waals surface area contributed by atoms with E-state index in [0.717, 1.165) is 22.5 Å². The van der Waals surface area contributed by atoms with Gasteiger partial charge >= 0.3 is 6.18 Å². The van der Waals surface area contributed by atoms with Crippen molar-refractivity contribution in [3.05, 3.63) is 72.3 Å². The smallest absolute Gasteiger partial charge is 0.351 e. The standard InChI is InChI=1S/C21H24F3N3O3S/c1-4-12-27(18-9-6-8-17(15-18)21(22,23)24)31(29,30)19-10-5-7-16(14-19)20(28)25-11-13-26(2)3/h4-10,14-15H,1,11-13H2,2-3H3,(H,25,28). The average molecular weight is 456 g/mol. The average Bonchev–Trinajstić information content (AvgIpc) is 2.71. The largest absolute Gasteiger partial charge is 0.416 e. The summed E-state index contributed by atoms with van der Waals surface area (Å²) in [5, 5.41) is 2.69. The molecule has 0 atom stereocenters. The molecule has 2 aromatic carbocycles. The Morgan fingerprint density at radius 1 is 1.13 bits per heavy atom. The number of alkyl halides is 3. The molecule has 0 bridgehead atoms. The van der Waals surface area contributed by atoms with E-state index in [4.69, 9.17) is 0 Å². The van der Waals surface area contributed by atoms with Crippen molar-refractivity contribution in [3.8, 4) is 0 Å². The van der Waals surface area contributed by atoms with Crippen molar-refractivity contribution < 1.29 is 26.4 Å². The minimum atomic E-state index is -4.62. The minimum Gasteiger partial charge on any atom is -0.351 e. The zero-order chi connectivity index (χ0) is 23.2. The number of likely N-dealkylation sites (N-methyl/N-ethyl adjacent to an activating group) is 1. The summed E-state index contributed by atoms with van der Waals surface area (Å²) in [6, 6.07) is 9.39. The summed E-state index contributed by atoms with van der Waals surface area (Å²) in [6.07, 6.45) is -3.35. The maximum Gasteiger partial charge on any atom is 0.416 e. The van der Waals surface area contributed by atoms with Gasteiger partial charge in [-0.1, -0.05) is 18.2 Å². The van der Waals surface area contributed by atoms with E-state index in [0.29, 0.717) is 13.1 Å². The number of carbonyl (C=O) groups excluding carboxylic acids is 1. The predicted molar refractivity (Wildman–Crippen MR) is 114 cm³/mol. The van der Waals surface area contributed by atoms with Crippen LogP contribution in [0.15, 0.2) is 66.1 Å². The number of halogens is 3. The van der Waals surface area contributed by atoms with E-state index in [9.17, 15) is 26.4 Å². The lowest BCUT2D eigenvalue weighted by Gasteiger charge is -2.24. The van der Waals surface area contributed by atoms with Crippen LogP contribution in [0.4, 0.5) is 18.9 Å². The van der Waals surface area contributed by atoms with Crippen LogP contribution in [-0.4, -0.2) is 53.0 Å². The third-order valence-corrected chi connectivity index (χ3v) is 6.08. The molecule has 0 fully saturated rings. The Bertz CT molecular complexity index is 1040. The third kappa shape index (κ3) is 6.31. The van der Waals surface area contributed by atoms with Crippen LogP contribution < -0.4 is 9.62 Å². The SMILES string of the molecule is C=CCN(c1cccc(C(F)(F)F)c1)S(=O)(=O)c1cccc(C(=O)NCCN(C)C)c1. The van der Waals surface area contributed by atoms with Crippen LogP contribution >= 0.6 is 0 Å². The molecular formula is C21H24F3N3O3S. The lowest BCUT2D eigenvalue weighted by atomic mass is 10.2. The molecule has 0 heterocycles. The summed E-state index contributed by atoms with van der Waals surface area (Å²) >= 11 is 0. The van der Waals surface area contributed by atoms with Gasteiger partial charge in [0.25, 0.3) is 15.9 Å². The topological polar surface area (TPSA) is 69.7 Å². The normalized spacial score (nSPS) is 11.9. The Morgan fingerprint density at radius 2 is 1.81 bits per heavy atom. The molecule has 0 aliphatic heterocycles. The maximum atomic E-state index is 13.2. The van der Waals surface area contributed by atoms with Gasteiger partial charge in [0.05, 0.1) is 22.7 Å². The van der Waals surface area contributed by atoms with Gasteiger partial charge in [-0.05, 0) is 50.5 Å². The van der Waals surface area contributed by atoms with Crippen molar-refractivity contribution >= 4 is 21.6 Å². The van der Waals surface area contributed by atoms with Crippen molar-refractivity contribution in [3.63, 3.8) is 0 Å². The molecule has 0 aromatic heterocycles. The van der Waals surface area contributed by atoms with Crippen LogP contribution in [0.25, 0.3) is 0 Å². The summed E-state index contributed by atoms with van der Waals surface area (Å²) in [4.78, 5) is 14.0. The van der Waals surface area contributed by atoms with Crippen molar-refractivity contribution in [2.45, 2.75) is 11.1 Å². The Labute approximate surface area is 180 Å². The molecule has 1 amide bonds. The van der Waals surface area contributed by atoms with Gasteiger partial charge in [0, 0.05) is 18.7 Å². The van der Waals surface area contributed by atoms with Crippen LogP contribution in [0.2, 0.25) is 0 Å². The van der Waals surface area contributed by atoms with Gasteiger partial charge < -0.3 is 10.2 Å². The van der Waals surface area contributed by atoms with Crippen LogP contribution in [0, 0.1) is 0 Å². The minimum absolute atomic E-state index is 0.127. The number of nitrogens with one attached hydrogen (secondary N) is 1. The highest BCUT2D eigenvalue weighted by molar-refractivity contribution is 7.92. The molecule has 0 radical (unpaired) electrons. The summed E-state index contributed by atoms with van der Waals surface area (Å²) < 4.78 is 66.5. The molecule has 1 N–H and O–H groups in total. The quantitative estimate of drug-likeness (QED) is 0.589. The molecule has 6 nitrogen and oxygen atoms in total. The summed E-state index contributed by atoms with van der Waals surface area (Å²) in [6.45, 7) is 4.23. The van der Waals surface area contributed by atoms with Gasteiger partial charge in [0.1, 0.15) is 0 Å². The number of amides is 1. The molecule has 2 aromatic rings. The predicted octanol–water partition coefficient (Wildman–Crippen LogP) is 3.38. The lowest BCUT2D eigenvalue weighted by molar-refractivity contribution is -0.137. The summed E-state index contributed by atoms with van der Waals surface area (Å²) in [5.41, 5.74) is -0.999. The Kier molecular flexibility index (Phi) is 7.85. The molecule has 10 heteroatoms.